The van der Waals surface area contributed by atoms with Crippen molar-refractivity contribution >= 4 is 5.97 Å². The topological polar surface area (TPSA) is 38.8 Å². The van der Waals surface area contributed by atoms with Crippen LogP contribution in [0, 0.1) is 11.7 Å². The van der Waals surface area contributed by atoms with Gasteiger partial charge in [-0.15, -0.1) is 0 Å². The molecule has 0 amide bonds. The van der Waals surface area contributed by atoms with Gasteiger partial charge < -0.3 is 14.4 Å². The van der Waals surface area contributed by atoms with Gasteiger partial charge in [0, 0.05) is 26.0 Å². The third-order valence-corrected chi connectivity index (χ3v) is 5.53. The molecule has 0 saturated carbocycles. The molecule has 0 bridgehead atoms. The van der Waals surface area contributed by atoms with Crippen molar-refractivity contribution in [1.29, 1.82) is 0 Å². The summed E-state index contributed by atoms with van der Waals surface area (Å²) in [5.41, 5.74) is 1.56. The Balaban J connectivity index is 2.42. The molecule has 5 heteroatoms. The zero-order valence-electron chi connectivity index (χ0n) is 16.7. The number of benzene rings is 1. The molecule has 2 atom stereocenters. The van der Waals surface area contributed by atoms with Crippen molar-refractivity contribution in [3.05, 3.63) is 35.1 Å². The number of carbonyl (C=O) groups excluding carboxylic acids is 1. The fraction of sp³-hybridized carbons (Fsp3) is 0.667. The van der Waals surface area contributed by atoms with Crippen LogP contribution < -0.4 is 0 Å². The maximum Gasteiger partial charge on any atom is 0.332 e. The van der Waals surface area contributed by atoms with Gasteiger partial charge >= 0.3 is 5.97 Å². The number of esters is 1. The molecule has 26 heavy (non-hydrogen) atoms. The van der Waals surface area contributed by atoms with E-state index in [0.717, 1.165) is 30.6 Å². The summed E-state index contributed by atoms with van der Waals surface area (Å²) in [7, 11) is 3.57. The molecule has 2 unspecified atom stereocenters. The molecule has 1 aromatic carbocycles. The predicted octanol–water partition coefficient (Wildman–Crippen LogP) is 3.78. The van der Waals surface area contributed by atoms with Crippen molar-refractivity contribution in [2.45, 2.75) is 51.6 Å². The van der Waals surface area contributed by atoms with Crippen molar-refractivity contribution < 1.29 is 18.7 Å². The van der Waals surface area contributed by atoms with Gasteiger partial charge in [0.05, 0.1) is 0 Å². The monoisotopic (exact) mass is 365 g/mol. The molecular formula is C21H32FNO3. The highest BCUT2D eigenvalue weighted by Gasteiger charge is 2.47. The number of aryl methyl sites for hydroxylation is 1. The first-order valence-electron chi connectivity index (χ1n) is 9.50. The van der Waals surface area contributed by atoms with E-state index < -0.39 is 5.60 Å². The minimum atomic E-state index is -0.585. The zero-order valence-corrected chi connectivity index (χ0v) is 16.7. The molecule has 0 radical (unpaired) electrons. The first-order valence-corrected chi connectivity index (χ1v) is 9.50. The van der Waals surface area contributed by atoms with Crippen LogP contribution in [-0.2, 0) is 20.7 Å². The van der Waals surface area contributed by atoms with Crippen molar-refractivity contribution in [2.75, 3.05) is 33.9 Å². The Hall–Kier alpha value is -1.46. The van der Waals surface area contributed by atoms with E-state index in [1.807, 2.05) is 6.07 Å². The van der Waals surface area contributed by atoms with E-state index in [0.29, 0.717) is 12.8 Å². The van der Waals surface area contributed by atoms with E-state index in [1.54, 1.807) is 6.07 Å². The van der Waals surface area contributed by atoms with E-state index >= 15 is 0 Å². The second kappa shape index (κ2) is 8.96. The predicted molar refractivity (Wildman–Crippen MR) is 101 cm³/mol. The molecular weight excluding hydrogens is 333 g/mol. The molecule has 0 saturated heterocycles. The van der Waals surface area contributed by atoms with Gasteiger partial charge in [0.1, 0.15) is 18.0 Å². The molecule has 0 spiro atoms. The van der Waals surface area contributed by atoms with E-state index in [1.165, 1.54) is 13.2 Å². The van der Waals surface area contributed by atoms with Crippen molar-refractivity contribution in [3.63, 3.8) is 0 Å². The first kappa shape index (κ1) is 20.8. The third-order valence-electron chi connectivity index (χ3n) is 5.53. The fourth-order valence-corrected chi connectivity index (χ4v) is 4.20. The van der Waals surface area contributed by atoms with Gasteiger partial charge in [-0.25, -0.2) is 9.18 Å². The molecule has 1 aromatic rings. The number of halogens is 1. The van der Waals surface area contributed by atoms with E-state index in [-0.39, 0.29) is 30.2 Å². The normalized spacial score (nSPS) is 22.5. The van der Waals surface area contributed by atoms with Crippen LogP contribution in [0.4, 0.5) is 4.39 Å². The Morgan fingerprint density at radius 2 is 2.15 bits per heavy atom. The number of carbonyl (C=O) groups is 1. The van der Waals surface area contributed by atoms with E-state index in [4.69, 9.17) is 9.47 Å². The summed E-state index contributed by atoms with van der Waals surface area (Å²) in [4.78, 5) is 14.6. The molecule has 2 rings (SSSR count). The van der Waals surface area contributed by atoms with Crippen LogP contribution in [0.25, 0.3) is 0 Å². The van der Waals surface area contributed by atoms with Gasteiger partial charge in [0.15, 0.2) is 0 Å². The van der Waals surface area contributed by atoms with Gasteiger partial charge in [-0.1, -0.05) is 26.8 Å². The Bertz CT molecular complexity index is 619. The maximum absolute atomic E-state index is 13.7. The van der Waals surface area contributed by atoms with Gasteiger partial charge in [-0.2, -0.15) is 0 Å². The van der Waals surface area contributed by atoms with E-state index in [2.05, 4.69) is 32.7 Å². The minimum Gasteiger partial charge on any atom is -0.457 e. The fourth-order valence-electron chi connectivity index (χ4n) is 4.20. The smallest absolute Gasteiger partial charge is 0.332 e. The largest absolute Gasteiger partial charge is 0.457 e. The Kier molecular flexibility index (Phi) is 7.18. The number of nitrogens with zero attached hydrogens (tertiary/aromatic N) is 1. The van der Waals surface area contributed by atoms with Crippen LogP contribution in [0.3, 0.4) is 0 Å². The van der Waals surface area contributed by atoms with Crippen LogP contribution in [0.1, 0.15) is 50.7 Å². The van der Waals surface area contributed by atoms with Gasteiger partial charge in [-0.3, -0.25) is 0 Å². The summed E-state index contributed by atoms with van der Waals surface area (Å²) < 4.78 is 24.8. The zero-order chi connectivity index (χ0) is 19.3. The van der Waals surface area contributed by atoms with Gasteiger partial charge in [0.25, 0.3) is 0 Å². The lowest BCUT2D eigenvalue weighted by atomic mass is 9.65. The second-order valence-electron chi connectivity index (χ2n) is 7.68. The average molecular weight is 365 g/mol. The average Bonchev–Trinajstić information content (AvgIpc) is 2.59. The quantitative estimate of drug-likeness (QED) is 0.657. The number of ether oxygens (including phenoxy) is 2. The molecule has 0 heterocycles. The van der Waals surface area contributed by atoms with Crippen LogP contribution in [0.5, 0.6) is 0 Å². The molecule has 1 aliphatic carbocycles. The summed E-state index contributed by atoms with van der Waals surface area (Å²) in [6.45, 7) is 8.14. The summed E-state index contributed by atoms with van der Waals surface area (Å²) >= 11 is 0. The molecule has 0 aromatic heterocycles. The molecule has 146 valence electrons. The highest BCUT2D eigenvalue weighted by Crippen LogP contribution is 2.48. The molecule has 4 nitrogen and oxygen atoms in total. The van der Waals surface area contributed by atoms with Crippen molar-refractivity contribution in [1.82, 2.24) is 4.90 Å². The first-order chi connectivity index (χ1) is 12.3. The lowest BCUT2D eigenvalue weighted by molar-refractivity contribution is -0.171. The summed E-state index contributed by atoms with van der Waals surface area (Å²) in [5, 5.41) is 0. The van der Waals surface area contributed by atoms with Crippen LogP contribution in [0.2, 0.25) is 0 Å². The van der Waals surface area contributed by atoms with Crippen molar-refractivity contribution in [3.8, 4) is 0 Å². The highest BCUT2D eigenvalue weighted by atomic mass is 19.1. The SMILES string of the molecule is CCN(C)CCC1(OC(=O)COC)CCc2cc(F)ccc2C1C(C)C. The van der Waals surface area contributed by atoms with Gasteiger partial charge in [-0.05, 0) is 55.6 Å². The minimum absolute atomic E-state index is 0.0397. The molecule has 0 aliphatic heterocycles. The Morgan fingerprint density at radius 3 is 2.77 bits per heavy atom. The number of fused-ring (bicyclic) bond motifs is 1. The Morgan fingerprint density at radius 1 is 1.42 bits per heavy atom. The lowest BCUT2D eigenvalue weighted by Gasteiger charge is -2.47. The maximum atomic E-state index is 13.7. The van der Waals surface area contributed by atoms with Gasteiger partial charge in [0.2, 0.25) is 0 Å². The Labute approximate surface area is 156 Å². The van der Waals surface area contributed by atoms with Crippen LogP contribution in [0.15, 0.2) is 18.2 Å². The molecule has 0 fully saturated rings. The second-order valence-corrected chi connectivity index (χ2v) is 7.68. The number of methoxy groups -OCH3 is 1. The highest BCUT2D eigenvalue weighted by molar-refractivity contribution is 5.71. The summed E-state index contributed by atoms with van der Waals surface area (Å²) in [6.07, 6.45) is 2.18. The standard InChI is InChI=1S/C21H32FNO3/c1-6-23(4)12-11-21(26-19(24)14-25-5)10-9-16-13-17(22)7-8-18(16)20(21)15(2)3/h7-8,13,15,20H,6,9-12,14H2,1-5H3. The summed E-state index contributed by atoms with van der Waals surface area (Å²) in [5.74, 6) is -0.233. The van der Waals surface area contributed by atoms with Crippen LogP contribution in [-0.4, -0.2) is 50.3 Å². The summed E-state index contributed by atoms with van der Waals surface area (Å²) in [6, 6.07) is 5.01. The number of hydrogen-bond donors (Lipinski definition) is 0. The lowest BCUT2D eigenvalue weighted by Crippen LogP contribution is -2.49. The van der Waals surface area contributed by atoms with Crippen LogP contribution >= 0.6 is 0 Å². The molecule has 1 aliphatic rings. The number of rotatable bonds is 8. The number of hydrogen-bond acceptors (Lipinski definition) is 4. The third kappa shape index (κ3) is 4.63. The van der Waals surface area contributed by atoms with Crippen molar-refractivity contribution in [2.24, 2.45) is 5.92 Å². The molecule has 0 N–H and O–H groups in total. The van der Waals surface area contributed by atoms with E-state index in [9.17, 15) is 9.18 Å².